The van der Waals surface area contributed by atoms with E-state index >= 15 is 0 Å². The van der Waals surface area contributed by atoms with Gasteiger partial charge in [0.05, 0.1) is 36.8 Å². The summed E-state index contributed by atoms with van der Waals surface area (Å²) in [5.41, 5.74) is 0.400. The van der Waals surface area contributed by atoms with Crippen LogP contribution in [0.3, 0.4) is 0 Å². The lowest BCUT2D eigenvalue weighted by Gasteiger charge is -2.39. The number of carbonyl (C=O) groups excluding carboxylic acids is 3. The van der Waals surface area contributed by atoms with Crippen molar-refractivity contribution in [3.63, 3.8) is 0 Å². The number of esters is 1. The molecule has 0 aromatic carbocycles. The van der Waals surface area contributed by atoms with E-state index in [2.05, 4.69) is 24.1 Å². The zero-order valence-electron chi connectivity index (χ0n) is 26.1. The summed E-state index contributed by atoms with van der Waals surface area (Å²) in [6.45, 7) is 9.35. The standard InChI is InChI=1S/C33H46N2O7S/c1-20-6-8-21(9-7-20)29(36)35(26-18-24(14-16-33(2,3)4)43-28(26)30(37)39-5)23-12-10-22(11-13-23)34-32(38)42-27-19-41-31-25(27)15-17-40-31/h18,20-23,25,27,31H,6-13,15,17,19H2,1-5H3,(H,34,38). The van der Waals surface area contributed by atoms with Gasteiger partial charge in [-0.1, -0.05) is 18.8 Å². The Morgan fingerprint density at radius 1 is 1.02 bits per heavy atom. The number of nitrogens with zero attached hydrogens (tertiary/aromatic N) is 1. The third-order valence-corrected chi connectivity index (χ3v) is 10.2. The molecule has 4 fully saturated rings. The molecule has 3 heterocycles. The summed E-state index contributed by atoms with van der Waals surface area (Å²) in [7, 11) is 1.37. The molecule has 10 heteroatoms. The third-order valence-electron chi connectivity index (χ3n) is 9.13. The van der Waals surface area contributed by atoms with Crippen molar-refractivity contribution in [1.82, 2.24) is 5.32 Å². The number of fused-ring (bicyclic) bond motifs is 1. The lowest BCUT2D eigenvalue weighted by Crippen LogP contribution is -2.49. The molecule has 9 nitrogen and oxygen atoms in total. The molecular formula is C33H46N2O7S. The van der Waals surface area contributed by atoms with E-state index in [1.807, 2.05) is 31.7 Å². The Balaban J connectivity index is 1.32. The Morgan fingerprint density at radius 3 is 2.42 bits per heavy atom. The highest BCUT2D eigenvalue weighted by atomic mass is 32.1. The maximum Gasteiger partial charge on any atom is 0.407 e. The van der Waals surface area contributed by atoms with E-state index in [4.69, 9.17) is 18.9 Å². The van der Waals surface area contributed by atoms with Crippen molar-refractivity contribution in [2.75, 3.05) is 25.2 Å². The van der Waals surface area contributed by atoms with E-state index in [9.17, 15) is 14.4 Å². The van der Waals surface area contributed by atoms with Crippen LogP contribution in [0.25, 0.3) is 0 Å². The van der Waals surface area contributed by atoms with Crippen molar-refractivity contribution in [2.24, 2.45) is 23.2 Å². The van der Waals surface area contributed by atoms with Crippen molar-refractivity contribution in [3.8, 4) is 11.8 Å². The molecule has 2 amide bonds. The van der Waals surface area contributed by atoms with E-state index in [-0.39, 0.29) is 47.6 Å². The van der Waals surface area contributed by atoms with Gasteiger partial charge in [0.25, 0.3) is 0 Å². The topological polar surface area (TPSA) is 103 Å². The van der Waals surface area contributed by atoms with Crippen LogP contribution >= 0.6 is 11.3 Å². The van der Waals surface area contributed by atoms with E-state index in [0.29, 0.717) is 55.4 Å². The molecule has 4 aliphatic rings. The van der Waals surface area contributed by atoms with Crippen molar-refractivity contribution in [1.29, 1.82) is 0 Å². The van der Waals surface area contributed by atoms with Crippen molar-refractivity contribution < 1.29 is 33.3 Å². The molecule has 2 aliphatic carbocycles. The number of methoxy groups -OCH3 is 1. The number of rotatable bonds is 6. The number of thiophene rings is 1. The summed E-state index contributed by atoms with van der Waals surface area (Å²) in [5.74, 6) is 6.73. The molecule has 1 aromatic heterocycles. The number of ether oxygens (including phenoxy) is 4. The van der Waals surface area contributed by atoms with Gasteiger partial charge in [-0.15, -0.1) is 11.3 Å². The van der Waals surface area contributed by atoms with Crippen LogP contribution in [0.1, 0.15) is 100 Å². The fourth-order valence-electron chi connectivity index (χ4n) is 6.67. The second-order valence-electron chi connectivity index (χ2n) is 13.6. The fourth-order valence-corrected chi connectivity index (χ4v) is 7.59. The molecule has 0 bridgehead atoms. The molecule has 2 aliphatic heterocycles. The molecule has 3 atom stereocenters. The molecule has 0 radical (unpaired) electrons. The summed E-state index contributed by atoms with van der Waals surface area (Å²) in [5, 5.41) is 3.04. The lowest BCUT2D eigenvalue weighted by atomic mass is 9.81. The molecule has 236 valence electrons. The first-order valence-corrected chi connectivity index (χ1v) is 16.6. The summed E-state index contributed by atoms with van der Waals surface area (Å²) < 4.78 is 22.0. The highest BCUT2D eigenvalue weighted by molar-refractivity contribution is 7.15. The predicted molar refractivity (Wildman–Crippen MR) is 164 cm³/mol. The molecule has 2 saturated heterocycles. The minimum Gasteiger partial charge on any atom is -0.465 e. The molecular weight excluding hydrogens is 568 g/mol. The van der Waals surface area contributed by atoms with Gasteiger partial charge in [0.2, 0.25) is 5.91 Å². The number of carbonyl (C=O) groups is 3. The maximum absolute atomic E-state index is 14.3. The number of hydrogen-bond donors (Lipinski definition) is 1. The van der Waals surface area contributed by atoms with Crippen LogP contribution in [0, 0.1) is 35.0 Å². The SMILES string of the molecule is COC(=O)c1sc(C#CC(C)(C)C)cc1N(C(=O)C1CCC(C)CC1)C1CCC(NC(=O)OC2COC3OCCC23)CC1. The number of hydrogen-bond acceptors (Lipinski definition) is 8. The first-order valence-electron chi connectivity index (χ1n) is 15.8. The van der Waals surface area contributed by atoms with Gasteiger partial charge >= 0.3 is 12.1 Å². The van der Waals surface area contributed by atoms with Gasteiger partial charge in [0.15, 0.2) is 6.29 Å². The zero-order chi connectivity index (χ0) is 30.7. The number of nitrogens with one attached hydrogen (secondary N) is 1. The fraction of sp³-hybridized carbons (Fsp3) is 0.727. The molecule has 0 spiro atoms. The van der Waals surface area contributed by atoms with Crippen molar-refractivity contribution in [2.45, 2.75) is 110 Å². The second-order valence-corrected chi connectivity index (χ2v) is 14.7. The second kappa shape index (κ2) is 13.6. The highest BCUT2D eigenvalue weighted by Crippen LogP contribution is 2.39. The quantitative estimate of drug-likeness (QED) is 0.315. The van der Waals surface area contributed by atoms with E-state index in [1.165, 1.54) is 18.4 Å². The Hall–Kier alpha value is -2.61. The maximum atomic E-state index is 14.3. The Labute approximate surface area is 259 Å². The summed E-state index contributed by atoms with van der Waals surface area (Å²) >= 11 is 1.29. The average Bonchev–Trinajstić information content (AvgIpc) is 3.70. The van der Waals surface area contributed by atoms with Crippen LogP contribution < -0.4 is 10.2 Å². The normalized spacial score (nSPS) is 30.5. The summed E-state index contributed by atoms with van der Waals surface area (Å²) in [6, 6.07) is 1.75. The van der Waals surface area contributed by atoms with Gasteiger partial charge in [-0.05, 0) is 90.5 Å². The van der Waals surface area contributed by atoms with Gasteiger partial charge in [-0.25, -0.2) is 9.59 Å². The van der Waals surface area contributed by atoms with E-state index in [0.717, 1.165) is 37.0 Å². The van der Waals surface area contributed by atoms with Crippen molar-refractivity contribution in [3.05, 3.63) is 15.8 Å². The molecule has 1 N–H and O–H groups in total. The molecule has 3 unspecified atom stereocenters. The molecule has 2 saturated carbocycles. The van der Waals surface area contributed by atoms with Crippen LogP contribution in [0.2, 0.25) is 0 Å². The summed E-state index contributed by atoms with van der Waals surface area (Å²) in [4.78, 5) is 43.1. The minimum atomic E-state index is -0.456. The van der Waals surface area contributed by atoms with Crippen LogP contribution in [0.5, 0.6) is 0 Å². The lowest BCUT2D eigenvalue weighted by molar-refractivity contribution is -0.124. The number of alkyl carbamates (subject to hydrolysis) is 1. The third kappa shape index (κ3) is 7.73. The first-order chi connectivity index (χ1) is 20.5. The molecule has 5 rings (SSSR count). The van der Waals surface area contributed by atoms with Gasteiger partial charge in [-0.3, -0.25) is 4.79 Å². The smallest absolute Gasteiger partial charge is 0.407 e. The van der Waals surface area contributed by atoms with E-state index in [1.54, 1.807) is 0 Å². The minimum absolute atomic E-state index is 0.0510. The largest absolute Gasteiger partial charge is 0.465 e. The van der Waals surface area contributed by atoms with Gasteiger partial charge < -0.3 is 29.2 Å². The molecule has 1 aromatic rings. The van der Waals surface area contributed by atoms with Crippen LogP contribution in [-0.2, 0) is 23.7 Å². The predicted octanol–water partition coefficient (Wildman–Crippen LogP) is 5.89. The Morgan fingerprint density at radius 2 is 1.74 bits per heavy atom. The number of anilines is 1. The molecule has 43 heavy (non-hydrogen) atoms. The Bertz CT molecular complexity index is 1230. The van der Waals surface area contributed by atoms with Gasteiger partial charge in [-0.2, -0.15) is 0 Å². The Kier molecular flexibility index (Phi) is 10.0. The monoisotopic (exact) mass is 614 g/mol. The van der Waals surface area contributed by atoms with Gasteiger partial charge in [0, 0.05) is 23.4 Å². The highest BCUT2D eigenvalue weighted by Gasteiger charge is 2.44. The first kappa shape index (κ1) is 31.8. The van der Waals surface area contributed by atoms with Crippen LogP contribution in [0.4, 0.5) is 10.5 Å². The van der Waals surface area contributed by atoms with E-state index < -0.39 is 12.1 Å². The zero-order valence-corrected chi connectivity index (χ0v) is 26.9. The average molecular weight is 615 g/mol. The number of amides is 2. The van der Waals surface area contributed by atoms with Gasteiger partial charge in [0.1, 0.15) is 11.0 Å². The van der Waals surface area contributed by atoms with Crippen LogP contribution in [-0.4, -0.2) is 62.8 Å². The van der Waals surface area contributed by atoms with Crippen molar-refractivity contribution >= 4 is 35.0 Å². The summed E-state index contributed by atoms with van der Waals surface area (Å²) in [6.07, 6.45) is 6.41. The van der Waals surface area contributed by atoms with Crippen LogP contribution in [0.15, 0.2) is 6.07 Å².